The largest absolute Gasteiger partial charge is 0.346 e. The monoisotopic (exact) mass is 255 g/mol. The molecule has 1 amide bonds. The van der Waals surface area contributed by atoms with Crippen molar-refractivity contribution in [2.24, 2.45) is 17.8 Å². The number of rotatable bonds is 7. The Hall–Kier alpha value is -1.19. The fourth-order valence-electron chi connectivity index (χ4n) is 1.61. The van der Waals surface area contributed by atoms with Crippen LogP contribution < -0.4 is 5.32 Å². The first-order valence-corrected chi connectivity index (χ1v) is 6.53. The summed E-state index contributed by atoms with van der Waals surface area (Å²) in [4.78, 5) is 35.0. The molecule has 0 aromatic heterocycles. The van der Waals surface area contributed by atoms with Crippen LogP contribution in [0.1, 0.15) is 48.0 Å². The third-order valence-corrected chi connectivity index (χ3v) is 2.93. The van der Waals surface area contributed by atoms with Crippen molar-refractivity contribution in [1.82, 2.24) is 5.32 Å². The van der Waals surface area contributed by atoms with E-state index in [2.05, 4.69) is 5.32 Å². The first-order valence-electron chi connectivity index (χ1n) is 6.53. The summed E-state index contributed by atoms with van der Waals surface area (Å²) < 4.78 is 0. The number of amides is 1. The van der Waals surface area contributed by atoms with E-state index in [0.29, 0.717) is 0 Å². The molecule has 2 atom stereocenters. The molecular weight excluding hydrogens is 230 g/mol. The maximum Gasteiger partial charge on any atom is 0.223 e. The Morgan fingerprint density at radius 2 is 1.39 bits per heavy atom. The molecule has 0 aliphatic heterocycles. The van der Waals surface area contributed by atoms with Crippen LogP contribution in [-0.2, 0) is 14.4 Å². The molecule has 0 bridgehead atoms. The molecule has 0 aliphatic rings. The summed E-state index contributed by atoms with van der Waals surface area (Å²) in [6.45, 7) is 10.6. The Morgan fingerprint density at radius 1 is 0.889 bits per heavy atom. The fourth-order valence-corrected chi connectivity index (χ4v) is 1.61. The van der Waals surface area contributed by atoms with E-state index in [1.807, 2.05) is 13.8 Å². The van der Waals surface area contributed by atoms with Gasteiger partial charge in [0.2, 0.25) is 5.91 Å². The zero-order valence-corrected chi connectivity index (χ0v) is 12.2. The van der Waals surface area contributed by atoms with Crippen molar-refractivity contribution in [1.29, 1.82) is 0 Å². The number of carbonyl (C=O) groups is 3. The van der Waals surface area contributed by atoms with Gasteiger partial charge in [-0.3, -0.25) is 14.4 Å². The van der Waals surface area contributed by atoms with E-state index in [0.717, 1.165) is 0 Å². The van der Waals surface area contributed by atoms with E-state index in [1.165, 1.54) is 0 Å². The molecule has 4 nitrogen and oxygen atoms in total. The van der Waals surface area contributed by atoms with Crippen LogP contribution in [0.2, 0.25) is 0 Å². The average molecular weight is 255 g/mol. The molecule has 0 unspecified atom stereocenters. The summed E-state index contributed by atoms with van der Waals surface area (Å²) >= 11 is 0. The summed E-state index contributed by atoms with van der Waals surface area (Å²) in [6.07, 6.45) is 0.191. The summed E-state index contributed by atoms with van der Waals surface area (Å²) in [5.74, 6) is -0.630. The Balaban J connectivity index is 4.32. The lowest BCUT2D eigenvalue weighted by Gasteiger charge is -2.17. The van der Waals surface area contributed by atoms with Crippen molar-refractivity contribution >= 4 is 17.5 Å². The van der Waals surface area contributed by atoms with Gasteiger partial charge in [0.25, 0.3) is 0 Å². The number of nitrogens with one attached hydrogen (secondary N) is 1. The Bertz CT molecular complexity index is 321. The second-order valence-electron chi connectivity index (χ2n) is 5.51. The molecule has 0 radical (unpaired) electrons. The lowest BCUT2D eigenvalue weighted by molar-refractivity contribution is -0.132. The molecule has 0 rings (SSSR count). The molecule has 104 valence electrons. The maximum atomic E-state index is 11.9. The third kappa shape index (κ3) is 5.43. The van der Waals surface area contributed by atoms with Crippen molar-refractivity contribution in [2.75, 3.05) is 0 Å². The number of ketones is 2. The number of carbonyl (C=O) groups excluding carboxylic acids is 3. The van der Waals surface area contributed by atoms with Crippen molar-refractivity contribution in [3.05, 3.63) is 0 Å². The lowest BCUT2D eigenvalue weighted by atomic mass is 9.91. The molecule has 1 N–H and O–H groups in total. The van der Waals surface area contributed by atoms with Gasteiger partial charge in [0.15, 0.2) is 5.78 Å². The van der Waals surface area contributed by atoms with Crippen molar-refractivity contribution in [3.63, 3.8) is 0 Å². The van der Waals surface area contributed by atoms with Crippen LogP contribution in [-0.4, -0.2) is 23.5 Å². The summed E-state index contributed by atoms with van der Waals surface area (Å²) in [5.41, 5.74) is 0. The number of Topliss-reactive ketones (excluding diaryl/α,β-unsaturated/α-hetero) is 2. The highest BCUT2D eigenvalue weighted by Crippen LogP contribution is 2.12. The van der Waals surface area contributed by atoms with Gasteiger partial charge in [-0.1, -0.05) is 34.6 Å². The minimum Gasteiger partial charge on any atom is -0.346 e. The predicted octanol–water partition coefficient (Wildman–Crippen LogP) is 1.97. The summed E-state index contributed by atoms with van der Waals surface area (Å²) in [7, 11) is 0. The van der Waals surface area contributed by atoms with Crippen LogP contribution >= 0.6 is 0 Å². The van der Waals surface area contributed by atoms with E-state index in [9.17, 15) is 14.4 Å². The van der Waals surface area contributed by atoms with Crippen molar-refractivity contribution < 1.29 is 14.4 Å². The van der Waals surface area contributed by atoms with Crippen LogP contribution in [0.15, 0.2) is 0 Å². The minimum atomic E-state index is -0.526. The Kier molecular flexibility index (Phi) is 6.81. The summed E-state index contributed by atoms with van der Waals surface area (Å²) in [6, 6.07) is -0.526. The van der Waals surface area contributed by atoms with Crippen molar-refractivity contribution in [2.45, 2.75) is 54.0 Å². The lowest BCUT2D eigenvalue weighted by Crippen LogP contribution is -2.41. The van der Waals surface area contributed by atoms with E-state index in [4.69, 9.17) is 0 Å². The third-order valence-electron chi connectivity index (χ3n) is 2.93. The van der Waals surface area contributed by atoms with Crippen LogP contribution in [0.4, 0.5) is 0 Å². The molecule has 0 heterocycles. The number of hydrogen-bond acceptors (Lipinski definition) is 3. The van der Waals surface area contributed by atoms with Crippen LogP contribution in [0.25, 0.3) is 0 Å². The highest BCUT2D eigenvalue weighted by molar-refractivity contribution is 5.93. The quantitative estimate of drug-likeness (QED) is 0.756. The molecular formula is C14H25NO3. The normalized spacial score (nSPS) is 14.4. The van der Waals surface area contributed by atoms with E-state index in [-0.39, 0.29) is 41.6 Å². The first-order chi connectivity index (χ1) is 8.16. The molecule has 0 aromatic rings. The van der Waals surface area contributed by atoms with E-state index >= 15 is 0 Å². The second kappa shape index (κ2) is 7.29. The predicted molar refractivity (Wildman–Crippen MR) is 71.1 cm³/mol. The second-order valence-corrected chi connectivity index (χ2v) is 5.51. The zero-order chi connectivity index (χ0) is 14.5. The van der Waals surface area contributed by atoms with Crippen LogP contribution in [0.3, 0.4) is 0 Å². The maximum absolute atomic E-state index is 11.9. The van der Waals surface area contributed by atoms with Crippen LogP contribution in [0.5, 0.6) is 0 Å². The highest BCUT2D eigenvalue weighted by Gasteiger charge is 2.23. The molecule has 0 aliphatic carbocycles. The van der Waals surface area contributed by atoms with Gasteiger partial charge in [-0.05, 0) is 6.92 Å². The molecule has 0 spiro atoms. The molecule has 0 saturated carbocycles. The van der Waals surface area contributed by atoms with Gasteiger partial charge in [-0.15, -0.1) is 0 Å². The zero-order valence-electron chi connectivity index (χ0n) is 12.2. The Labute approximate surface area is 110 Å². The topological polar surface area (TPSA) is 63.2 Å². The molecule has 18 heavy (non-hydrogen) atoms. The van der Waals surface area contributed by atoms with Gasteiger partial charge in [-0.2, -0.15) is 0 Å². The molecule has 0 fully saturated rings. The van der Waals surface area contributed by atoms with Gasteiger partial charge < -0.3 is 5.32 Å². The van der Waals surface area contributed by atoms with Gasteiger partial charge in [0, 0.05) is 24.2 Å². The van der Waals surface area contributed by atoms with Gasteiger partial charge in [0.05, 0.1) is 6.04 Å². The number of hydrogen-bond donors (Lipinski definition) is 1. The molecule has 0 aromatic carbocycles. The fraction of sp³-hybridized carbons (Fsp3) is 0.786. The van der Waals surface area contributed by atoms with Gasteiger partial charge in [-0.25, -0.2) is 0 Å². The van der Waals surface area contributed by atoms with E-state index in [1.54, 1.807) is 27.7 Å². The molecule has 0 saturated heterocycles. The van der Waals surface area contributed by atoms with Gasteiger partial charge >= 0.3 is 0 Å². The Morgan fingerprint density at radius 3 is 1.78 bits per heavy atom. The van der Waals surface area contributed by atoms with E-state index < -0.39 is 6.04 Å². The SMILES string of the molecule is CC(C)C(=O)N[C@@H](C)C(=O)C[C@@H](C)C(=O)C(C)C. The summed E-state index contributed by atoms with van der Waals surface area (Å²) in [5, 5.41) is 2.65. The smallest absolute Gasteiger partial charge is 0.223 e. The highest BCUT2D eigenvalue weighted by atomic mass is 16.2. The van der Waals surface area contributed by atoms with Crippen molar-refractivity contribution in [3.8, 4) is 0 Å². The first kappa shape index (κ1) is 16.8. The van der Waals surface area contributed by atoms with Gasteiger partial charge in [0.1, 0.15) is 5.78 Å². The standard InChI is InChI=1S/C14H25NO3/c1-8(2)13(17)10(5)7-12(16)11(6)15-14(18)9(3)4/h8-11H,7H2,1-6H3,(H,15,18)/t10-,11+/m1/s1. The van der Waals surface area contributed by atoms with Crippen LogP contribution in [0, 0.1) is 17.8 Å². The molecule has 4 heteroatoms. The minimum absolute atomic E-state index is 0.0617. The average Bonchev–Trinajstić information content (AvgIpc) is 2.26.